The molecule has 6 heteroatoms. The van der Waals surface area contributed by atoms with Gasteiger partial charge in [0.05, 0.1) is 5.56 Å². The second-order valence-electron chi connectivity index (χ2n) is 5.07. The number of amides is 1. The van der Waals surface area contributed by atoms with Crippen LogP contribution in [-0.4, -0.2) is 22.1 Å². The minimum absolute atomic E-state index is 0.0660. The van der Waals surface area contributed by atoms with Gasteiger partial charge in [0.15, 0.2) is 10.3 Å². The van der Waals surface area contributed by atoms with Crippen molar-refractivity contribution in [2.75, 3.05) is 0 Å². The van der Waals surface area contributed by atoms with Crippen molar-refractivity contribution < 1.29 is 4.79 Å². The molecule has 0 aromatic carbocycles. The summed E-state index contributed by atoms with van der Waals surface area (Å²) < 4.78 is 0. The van der Waals surface area contributed by atoms with Crippen LogP contribution < -0.4 is 5.32 Å². The lowest BCUT2D eigenvalue weighted by Gasteiger charge is -2.14. The summed E-state index contributed by atoms with van der Waals surface area (Å²) in [4.78, 5) is 12.0. The Bertz CT molecular complexity index is 438. The summed E-state index contributed by atoms with van der Waals surface area (Å²) in [6, 6.07) is 1.52. The Morgan fingerprint density at radius 3 is 2.58 bits per heavy atom. The van der Waals surface area contributed by atoms with E-state index in [-0.39, 0.29) is 27.8 Å². The molecule has 0 spiro atoms. The Labute approximate surface area is 123 Å². The summed E-state index contributed by atoms with van der Waals surface area (Å²) >= 11 is 11.5. The fraction of sp³-hybridized carbons (Fsp3) is 0.615. The molecule has 1 aromatic rings. The zero-order valence-electron chi connectivity index (χ0n) is 11.4. The first-order valence-electron chi connectivity index (χ1n) is 6.39. The third-order valence-electron chi connectivity index (χ3n) is 2.76. The summed E-state index contributed by atoms with van der Waals surface area (Å²) in [5.74, 6) is 0.416. The molecule has 0 saturated heterocycles. The van der Waals surface area contributed by atoms with Gasteiger partial charge in [0.25, 0.3) is 5.91 Å². The van der Waals surface area contributed by atoms with E-state index < -0.39 is 0 Å². The van der Waals surface area contributed by atoms with Crippen molar-refractivity contribution in [1.29, 1.82) is 0 Å². The highest BCUT2D eigenvalue weighted by molar-refractivity contribution is 6.34. The minimum atomic E-state index is -0.265. The van der Waals surface area contributed by atoms with Crippen molar-refractivity contribution in [2.45, 2.75) is 46.1 Å². The van der Waals surface area contributed by atoms with E-state index in [1.54, 1.807) is 0 Å². The molecular weight excluding hydrogens is 285 g/mol. The van der Waals surface area contributed by atoms with E-state index in [4.69, 9.17) is 23.2 Å². The van der Waals surface area contributed by atoms with E-state index in [0.717, 1.165) is 19.3 Å². The maximum Gasteiger partial charge on any atom is 0.254 e. The summed E-state index contributed by atoms with van der Waals surface area (Å²) in [5, 5.41) is 10.3. The first-order chi connectivity index (χ1) is 8.90. The number of hydrogen-bond donors (Lipinski definition) is 1. The molecule has 1 aromatic heterocycles. The Kier molecular flexibility index (Phi) is 6.52. The fourth-order valence-corrected chi connectivity index (χ4v) is 2.04. The molecule has 0 aliphatic heterocycles. The van der Waals surface area contributed by atoms with Crippen LogP contribution in [0.25, 0.3) is 0 Å². The summed E-state index contributed by atoms with van der Waals surface area (Å²) in [6.45, 7) is 6.35. The van der Waals surface area contributed by atoms with Crippen LogP contribution in [0.3, 0.4) is 0 Å². The van der Waals surface area contributed by atoms with Crippen LogP contribution >= 0.6 is 23.2 Å². The molecular formula is C13H19Cl2N3O. The Balaban J connectivity index is 2.52. The standard InChI is InChI=1S/C13H19Cl2N3O/c1-8(2)5-4-6-9(3)16-13(19)10-7-11(14)17-18-12(10)15/h7-9H,4-6H2,1-3H3,(H,16,19). The molecule has 1 rings (SSSR count). The number of halogens is 2. The highest BCUT2D eigenvalue weighted by Crippen LogP contribution is 2.16. The minimum Gasteiger partial charge on any atom is -0.349 e. The molecule has 0 radical (unpaired) electrons. The first kappa shape index (κ1) is 16.2. The number of rotatable bonds is 6. The number of nitrogens with zero attached hydrogens (tertiary/aromatic N) is 2. The van der Waals surface area contributed by atoms with Gasteiger partial charge in [0, 0.05) is 6.04 Å². The van der Waals surface area contributed by atoms with Gasteiger partial charge in [0.2, 0.25) is 0 Å². The molecule has 1 heterocycles. The topological polar surface area (TPSA) is 54.9 Å². The Morgan fingerprint density at radius 2 is 1.95 bits per heavy atom. The molecule has 0 fully saturated rings. The molecule has 0 aliphatic carbocycles. The second kappa shape index (κ2) is 7.65. The van der Waals surface area contributed by atoms with Crippen molar-refractivity contribution in [3.63, 3.8) is 0 Å². The van der Waals surface area contributed by atoms with Gasteiger partial charge in [-0.1, -0.05) is 49.9 Å². The Morgan fingerprint density at radius 1 is 1.26 bits per heavy atom. The van der Waals surface area contributed by atoms with Crippen molar-refractivity contribution in [3.8, 4) is 0 Å². The van der Waals surface area contributed by atoms with Crippen LogP contribution in [0.4, 0.5) is 0 Å². The quantitative estimate of drug-likeness (QED) is 0.871. The van der Waals surface area contributed by atoms with Gasteiger partial charge in [-0.05, 0) is 25.3 Å². The van der Waals surface area contributed by atoms with Gasteiger partial charge in [0.1, 0.15) is 0 Å². The maximum atomic E-state index is 12.0. The van der Waals surface area contributed by atoms with Gasteiger partial charge in [-0.3, -0.25) is 4.79 Å². The molecule has 0 saturated carbocycles. The molecule has 1 amide bonds. The third kappa shape index (κ3) is 5.74. The SMILES string of the molecule is CC(C)CCCC(C)NC(=O)c1cc(Cl)nnc1Cl. The lowest BCUT2D eigenvalue weighted by molar-refractivity contribution is 0.0937. The van der Waals surface area contributed by atoms with E-state index in [9.17, 15) is 4.79 Å². The van der Waals surface area contributed by atoms with Crippen LogP contribution in [0.5, 0.6) is 0 Å². The van der Waals surface area contributed by atoms with Gasteiger partial charge in [-0.2, -0.15) is 0 Å². The van der Waals surface area contributed by atoms with E-state index in [1.807, 2.05) is 6.92 Å². The fourth-order valence-electron chi connectivity index (χ4n) is 1.72. The molecule has 1 N–H and O–H groups in total. The molecule has 19 heavy (non-hydrogen) atoms. The molecule has 1 atom stereocenters. The zero-order valence-corrected chi connectivity index (χ0v) is 12.9. The van der Waals surface area contributed by atoms with Crippen molar-refractivity contribution in [1.82, 2.24) is 15.5 Å². The van der Waals surface area contributed by atoms with E-state index in [2.05, 4.69) is 29.4 Å². The lowest BCUT2D eigenvalue weighted by Crippen LogP contribution is -2.32. The number of carbonyl (C=O) groups excluding carboxylic acids is 1. The highest BCUT2D eigenvalue weighted by atomic mass is 35.5. The van der Waals surface area contributed by atoms with Gasteiger partial charge < -0.3 is 5.32 Å². The first-order valence-corrected chi connectivity index (χ1v) is 7.15. The van der Waals surface area contributed by atoms with Crippen molar-refractivity contribution in [2.24, 2.45) is 5.92 Å². The molecule has 0 bridgehead atoms. The van der Waals surface area contributed by atoms with Crippen molar-refractivity contribution >= 4 is 29.1 Å². The highest BCUT2D eigenvalue weighted by Gasteiger charge is 2.15. The molecule has 4 nitrogen and oxygen atoms in total. The smallest absolute Gasteiger partial charge is 0.254 e. The van der Waals surface area contributed by atoms with Crippen LogP contribution in [0.1, 0.15) is 50.4 Å². The summed E-state index contributed by atoms with van der Waals surface area (Å²) in [6.07, 6.45) is 3.18. The average molecular weight is 304 g/mol. The second-order valence-corrected chi connectivity index (χ2v) is 5.82. The van der Waals surface area contributed by atoms with Gasteiger partial charge in [-0.15, -0.1) is 10.2 Å². The Hall–Kier alpha value is -0.870. The monoisotopic (exact) mass is 303 g/mol. The van der Waals surface area contributed by atoms with E-state index >= 15 is 0 Å². The molecule has 0 aliphatic rings. The van der Waals surface area contributed by atoms with E-state index in [0.29, 0.717) is 5.92 Å². The number of hydrogen-bond acceptors (Lipinski definition) is 3. The summed E-state index contributed by atoms with van der Waals surface area (Å²) in [5.41, 5.74) is 0.261. The van der Waals surface area contributed by atoms with Crippen LogP contribution in [0.15, 0.2) is 6.07 Å². The van der Waals surface area contributed by atoms with Gasteiger partial charge >= 0.3 is 0 Å². The summed E-state index contributed by atoms with van der Waals surface area (Å²) in [7, 11) is 0. The van der Waals surface area contributed by atoms with Crippen molar-refractivity contribution in [3.05, 3.63) is 21.9 Å². The van der Waals surface area contributed by atoms with Crippen LogP contribution in [0, 0.1) is 5.92 Å². The normalized spacial score (nSPS) is 12.5. The predicted octanol–water partition coefficient (Wildman–Crippen LogP) is 3.73. The largest absolute Gasteiger partial charge is 0.349 e. The van der Waals surface area contributed by atoms with Crippen LogP contribution in [0.2, 0.25) is 10.3 Å². The third-order valence-corrected chi connectivity index (χ3v) is 3.22. The lowest BCUT2D eigenvalue weighted by atomic mass is 10.0. The maximum absolute atomic E-state index is 12.0. The molecule has 1 unspecified atom stereocenters. The van der Waals surface area contributed by atoms with Gasteiger partial charge in [-0.25, -0.2) is 0 Å². The van der Waals surface area contributed by atoms with Crippen LogP contribution in [-0.2, 0) is 0 Å². The zero-order chi connectivity index (χ0) is 14.4. The molecule has 106 valence electrons. The van der Waals surface area contributed by atoms with E-state index in [1.165, 1.54) is 6.07 Å². The number of carbonyl (C=O) groups is 1. The number of aromatic nitrogens is 2. The number of nitrogens with one attached hydrogen (secondary N) is 1. The average Bonchev–Trinajstić information content (AvgIpc) is 2.31. The predicted molar refractivity (Wildman–Crippen MR) is 77.7 cm³/mol.